The van der Waals surface area contributed by atoms with Crippen LogP contribution in [0.5, 0.6) is 0 Å². The van der Waals surface area contributed by atoms with E-state index in [1.165, 1.54) is 0 Å². The number of ether oxygens (including phenoxy) is 1. The van der Waals surface area contributed by atoms with Crippen LogP contribution in [0.25, 0.3) is 0 Å². The van der Waals surface area contributed by atoms with Gasteiger partial charge in [-0.05, 0) is 32.6 Å². The van der Waals surface area contributed by atoms with Crippen LogP contribution in [-0.2, 0) is 14.3 Å². The minimum Gasteiger partial charge on any atom is -0.465 e. The molecule has 0 aliphatic heterocycles. The van der Waals surface area contributed by atoms with Gasteiger partial charge in [0.2, 0.25) is 5.91 Å². The molecule has 0 heterocycles. The Bertz CT molecular complexity index is 404. The van der Waals surface area contributed by atoms with E-state index in [-0.39, 0.29) is 18.5 Å². The maximum Gasteiger partial charge on any atom is 0.325 e. The van der Waals surface area contributed by atoms with Crippen LogP contribution in [-0.4, -0.2) is 36.0 Å². The number of nitrogens with zero attached hydrogens (tertiary/aromatic N) is 2. The third-order valence-electron chi connectivity index (χ3n) is 3.83. The summed E-state index contributed by atoms with van der Waals surface area (Å²) in [5.41, 5.74) is -0.988. The van der Waals surface area contributed by atoms with Crippen LogP contribution in [0.2, 0.25) is 0 Å². The molecule has 21 heavy (non-hydrogen) atoms. The van der Waals surface area contributed by atoms with Crippen molar-refractivity contribution in [1.29, 1.82) is 5.26 Å². The number of hydrogen-bond donors (Lipinski definition) is 0. The molecule has 0 spiro atoms. The smallest absolute Gasteiger partial charge is 0.325 e. The molecule has 1 aliphatic carbocycles. The van der Waals surface area contributed by atoms with Crippen molar-refractivity contribution < 1.29 is 14.3 Å². The quantitative estimate of drug-likeness (QED) is 0.613. The Morgan fingerprint density at radius 2 is 1.81 bits per heavy atom. The summed E-state index contributed by atoms with van der Waals surface area (Å²) in [5, 5.41) is 9.58. The molecule has 0 aromatic carbocycles. The topological polar surface area (TPSA) is 70.4 Å². The van der Waals surface area contributed by atoms with E-state index in [2.05, 4.69) is 6.07 Å². The number of amides is 1. The lowest BCUT2D eigenvalue weighted by molar-refractivity contribution is -0.152. The van der Waals surface area contributed by atoms with E-state index >= 15 is 0 Å². The average molecular weight is 294 g/mol. The fourth-order valence-electron chi connectivity index (χ4n) is 2.73. The van der Waals surface area contributed by atoms with Crippen molar-refractivity contribution in [3.63, 3.8) is 0 Å². The molecule has 5 heteroatoms. The molecule has 5 nitrogen and oxygen atoms in total. The van der Waals surface area contributed by atoms with E-state index in [4.69, 9.17) is 4.74 Å². The van der Waals surface area contributed by atoms with Crippen molar-refractivity contribution in [3.05, 3.63) is 0 Å². The van der Waals surface area contributed by atoms with E-state index in [0.717, 1.165) is 25.7 Å². The molecule has 0 saturated heterocycles. The number of rotatable bonds is 9. The van der Waals surface area contributed by atoms with Crippen LogP contribution in [0.4, 0.5) is 0 Å². The number of hydrogen-bond acceptors (Lipinski definition) is 4. The summed E-state index contributed by atoms with van der Waals surface area (Å²) >= 11 is 0. The molecule has 118 valence electrons. The van der Waals surface area contributed by atoms with Crippen LogP contribution in [0.3, 0.4) is 0 Å². The Kier molecular flexibility index (Phi) is 6.67. The Balaban J connectivity index is 2.91. The molecule has 1 fully saturated rings. The molecule has 0 unspecified atom stereocenters. The Morgan fingerprint density at radius 1 is 1.24 bits per heavy atom. The third-order valence-corrected chi connectivity index (χ3v) is 3.83. The van der Waals surface area contributed by atoms with Crippen molar-refractivity contribution in [2.45, 2.75) is 65.3 Å². The monoisotopic (exact) mass is 294 g/mol. The molecule has 0 aromatic rings. The van der Waals surface area contributed by atoms with Crippen LogP contribution in [0, 0.1) is 16.7 Å². The van der Waals surface area contributed by atoms with Crippen LogP contribution < -0.4 is 0 Å². The van der Waals surface area contributed by atoms with Gasteiger partial charge in [0.15, 0.2) is 0 Å². The largest absolute Gasteiger partial charge is 0.465 e. The fourth-order valence-corrected chi connectivity index (χ4v) is 2.73. The van der Waals surface area contributed by atoms with Crippen molar-refractivity contribution in [2.24, 2.45) is 5.41 Å². The van der Waals surface area contributed by atoms with Gasteiger partial charge in [0, 0.05) is 6.04 Å². The van der Waals surface area contributed by atoms with Gasteiger partial charge in [0.1, 0.15) is 12.0 Å². The first-order valence-corrected chi connectivity index (χ1v) is 7.92. The summed E-state index contributed by atoms with van der Waals surface area (Å²) < 4.78 is 4.95. The predicted octanol–water partition coefficient (Wildman–Crippen LogP) is 2.65. The lowest BCUT2D eigenvalue weighted by atomic mass is 9.79. The zero-order chi connectivity index (χ0) is 15.9. The van der Waals surface area contributed by atoms with Gasteiger partial charge in [-0.1, -0.05) is 26.7 Å². The molecule has 1 aliphatic rings. The molecule has 1 saturated carbocycles. The van der Waals surface area contributed by atoms with Gasteiger partial charge in [0.05, 0.1) is 12.7 Å². The first-order chi connectivity index (χ1) is 10.0. The maximum atomic E-state index is 12.9. The Hall–Kier alpha value is -1.57. The van der Waals surface area contributed by atoms with E-state index < -0.39 is 11.4 Å². The molecular formula is C16H26N2O3. The van der Waals surface area contributed by atoms with E-state index in [1.807, 2.05) is 13.8 Å². The summed E-state index contributed by atoms with van der Waals surface area (Å²) in [6.45, 7) is 5.96. The van der Waals surface area contributed by atoms with Crippen LogP contribution in [0.15, 0.2) is 0 Å². The summed E-state index contributed by atoms with van der Waals surface area (Å²) in [6.07, 6.45) is 4.45. The van der Waals surface area contributed by atoms with Crippen molar-refractivity contribution in [3.8, 4) is 6.07 Å². The second-order valence-electron chi connectivity index (χ2n) is 5.66. The van der Waals surface area contributed by atoms with Crippen molar-refractivity contribution in [1.82, 2.24) is 4.90 Å². The van der Waals surface area contributed by atoms with E-state index in [0.29, 0.717) is 19.4 Å². The Labute approximate surface area is 127 Å². The third kappa shape index (κ3) is 4.45. The number of nitriles is 1. The lowest BCUT2D eigenvalue weighted by Crippen LogP contribution is -2.47. The van der Waals surface area contributed by atoms with Crippen LogP contribution >= 0.6 is 0 Å². The average Bonchev–Trinajstić information content (AvgIpc) is 3.28. The summed E-state index contributed by atoms with van der Waals surface area (Å²) in [6, 6.07) is 2.34. The second-order valence-corrected chi connectivity index (χ2v) is 5.66. The maximum absolute atomic E-state index is 12.9. The SMILES string of the molecule is CCCC(C#N)(CCC)C(=O)N(CC(=O)OCC)C1CC1. The molecule has 0 aromatic heterocycles. The lowest BCUT2D eigenvalue weighted by Gasteiger charge is -2.32. The fraction of sp³-hybridized carbons (Fsp3) is 0.812. The van der Waals surface area contributed by atoms with Gasteiger partial charge in [-0.2, -0.15) is 5.26 Å². The molecule has 0 atom stereocenters. The number of carbonyl (C=O) groups is 2. The summed E-state index contributed by atoms with van der Waals surface area (Å²) in [5.74, 6) is -0.582. The molecule has 0 bridgehead atoms. The zero-order valence-electron chi connectivity index (χ0n) is 13.4. The minimum absolute atomic E-state index is 0.0335. The van der Waals surface area contributed by atoms with Gasteiger partial charge >= 0.3 is 5.97 Å². The van der Waals surface area contributed by atoms with Gasteiger partial charge < -0.3 is 9.64 Å². The number of esters is 1. The zero-order valence-corrected chi connectivity index (χ0v) is 13.4. The van der Waals surface area contributed by atoms with Gasteiger partial charge in [0.25, 0.3) is 0 Å². The highest BCUT2D eigenvalue weighted by molar-refractivity contribution is 5.89. The van der Waals surface area contributed by atoms with E-state index in [1.54, 1.807) is 11.8 Å². The normalized spacial score (nSPS) is 14.4. The molecular weight excluding hydrogens is 268 g/mol. The van der Waals surface area contributed by atoms with Crippen molar-refractivity contribution >= 4 is 11.9 Å². The first-order valence-electron chi connectivity index (χ1n) is 7.92. The Morgan fingerprint density at radius 3 is 2.19 bits per heavy atom. The van der Waals surface area contributed by atoms with Crippen LogP contribution in [0.1, 0.15) is 59.3 Å². The molecule has 0 radical (unpaired) electrons. The van der Waals surface area contributed by atoms with Gasteiger partial charge in [-0.15, -0.1) is 0 Å². The van der Waals surface area contributed by atoms with E-state index in [9.17, 15) is 14.9 Å². The first kappa shape index (κ1) is 17.5. The van der Waals surface area contributed by atoms with Gasteiger partial charge in [-0.3, -0.25) is 9.59 Å². The van der Waals surface area contributed by atoms with Gasteiger partial charge in [-0.25, -0.2) is 0 Å². The van der Waals surface area contributed by atoms with Crippen molar-refractivity contribution in [2.75, 3.05) is 13.2 Å². The summed E-state index contributed by atoms with van der Waals surface area (Å²) in [4.78, 5) is 26.2. The highest BCUT2D eigenvalue weighted by Gasteiger charge is 2.45. The highest BCUT2D eigenvalue weighted by atomic mass is 16.5. The standard InChI is InChI=1S/C16H26N2O3/c1-4-9-16(12-17,10-5-2)15(20)18(13-7-8-13)11-14(19)21-6-3/h13H,4-11H2,1-3H3. The highest BCUT2D eigenvalue weighted by Crippen LogP contribution is 2.36. The number of carbonyl (C=O) groups excluding carboxylic acids is 2. The molecule has 1 rings (SSSR count). The molecule has 0 N–H and O–H groups in total. The summed E-state index contributed by atoms with van der Waals surface area (Å²) in [7, 11) is 0. The second kappa shape index (κ2) is 8.02. The predicted molar refractivity (Wildman–Crippen MR) is 79.2 cm³/mol. The molecule has 1 amide bonds. The minimum atomic E-state index is -0.988.